The lowest BCUT2D eigenvalue weighted by Crippen LogP contribution is -2.45. The van der Waals surface area contributed by atoms with Crippen molar-refractivity contribution in [1.82, 2.24) is 14.6 Å². The first-order chi connectivity index (χ1) is 28.0. The number of phosphoric acid groups is 1. The first-order valence-electron chi connectivity index (χ1n) is 20.6. The second-order valence-electron chi connectivity index (χ2n) is 15.0. The maximum atomic E-state index is 14.1. The Hall–Kier alpha value is -3.54. The number of ether oxygens (including phenoxy) is 3. The molecule has 1 aromatic carbocycles. The van der Waals surface area contributed by atoms with Crippen LogP contribution in [0.5, 0.6) is 0 Å². The quantitative estimate of drug-likeness (QED) is 0.0396. The van der Waals surface area contributed by atoms with Crippen LogP contribution in [0.1, 0.15) is 133 Å². The Kier molecular flexibility index (Phi) is 19.9. The lowest BCUT2D eigenvalue weighted by atomic mass is 9.96. The third-order valence-electron chi connectivity index (χ3n) is 10.3. The van der Waals surface area contributed by atoms with Gasteiger partial charge in [-0.25, -0.2) is 18.5 Å². The zero-order chi connectivity index (χ0) is 41.8. The Morgan fingerprint density at radius 3 is 2.21 bits per heavy atom. The molecule has 1 unspecified atom stereocenters. The van der Waals surface area contributed by atoms with E-state index in [1.807, 2.05) is 6.07 Å². The molecule has 0 radical (unpaired) electrons. The summed E-state index contributed by atoms with van der Waals surface area (Å²) < 4.78 is 56.4. The molecule has 2 aromatic heterocycles. The highest BCUT2D eigenvalue weighted by Crippen LogP contribution is 2.47. The molecule has 3 heterocycles. The fourth-order valence-corrected chi connectivity index (χ4v) is 7.78. The first kappa shape index (κ1) is 47.1. The van der Waals surface area contributed by atoms with Gasteiger partial charge < -0.3 is 35.1 Å². The van der Waals surface area contributed by atoms with Crippen LogP contribution in [0, 0.1) is 28.5 Å². The smallest absolute Gasteiger partial charge is 0.387 e. The third-order valence-corrected chi connectivity index (χ3v) is 11.3. The number of halogens is 1. The van der Waals surface area contributed by atoms with Crippen LogP contribution in [0.25, 0.3) is 5.52 Å². The number of aromatic nitrogens is 3. The Labute approximate surface area is 340 Å². The van der Waals surface area contributed by atoms with Gasteiger partial charge in [-0.1, -0.05) is 103 Å². The summed E-state index contributed by atoms with van der Waals surface area (Å²) in [5, 5.41) is 45.1. The van der Waals surface area contributed by atoms with Crippen LogP contribution >= 0.6 is 7.82 Å². The van der Waals surface area contributed by atoms with Crippen molar-refractivity contribution < 1.29 is 47.3 Å². The number of nitriles is 2. The predicted octanol–water partition coefficient (Wildman–Crippen LogP) is 7.37. The molecule has 0 bridgehead atoms. The summed E-state index contributed by atoms with van der Waals surface area (Å²) in [6.07, 6.45) is 15.4. The molecule has 4 rings (SSSR count). The number of nitrogen functional groups attached to an aromatic ring is 1. The minimum atomic E-state index is -4.93. The summed E-state index contributed by atoms with van der Waals surface area (Å²) in [5.74, 6) is -0.464. The van der Waals surface area contributed by atoms with Crippen molar-refractivity contribution >= 4 is 19.2 Å². The van der Waals surface area contributed by atoms with Gasteiger partial charge >= 0.3 is 7.82 Å². The highest BCUT2D eigenvalue weighted by Gasteiger charge is 2.57. The Morgan fingerprint density at radius 2 is 1.59 bits per heavy atom. The van der Waals surface area contributed by atoms with Crippen LogP contribution in [-0.2, 0) is 34.4 Å². The number of hydrogen-bond acceptors (Lipinski definition) is 13. The molecule has 58 heavy (non-hydrogen) atoms. The average molecular weight is 831 g/mol. The van der Waals surface area contributed by atoms with Gasteiger partial charge in [0.1, 0.15) is 54.8 Å². The van der Waals surface area contributed by atoms with Crippen molar-refractivity contribution in [3.05, 3.63) is 59.3 Å². The Balaban J connectivity index is 1.21. The number of anilines is 1. The van der Waals surface area contributed by atoms with E-state index in [2.05, 4.69) is 17.0 Å². The summed E-state index contributed by atoms with van der Waals surface area (Å²) in [4.78, 5) is 14.5. The zero-order valence-corrected chi connectivity index (χ0v) is 34.4. The van der Waals surface area contributed by atoms with Gasteiger partial charge in [0.25, 0.3) is 0 Å². The van der Waals surface area contributed by atoms with E-state index in [0.717, 1.165) is 25.3 Å². The molecule has 0 aliphatic carbocycles. The molecule has 1 aliphatic rings. The van der Waals surface area contributed by atoms with E-state index in [1.54, 1.807) is 12.1 Å². The fraction of sp³-hybridized carbons (Fsp3) is 0.659. The number of rotatable bonds is 29. The molecular formula is C41H60FN6O9P. The van der Waals surface area contributed by atoms with Crippen LogP contribution < -0.4 is 5.73 Å². The molecule has 0 amide bonds. The standard InChI is InChI=1S/C41H60FN6O9P/c1-2-3-4-5-6-7-8-9-10-11-12-13-14-15-16-17-20-53-26-34(54-25-32-21-31(24-43)22-33(42)23-32)27-55-58(51,52)56-29-41(28-44)39(50)37(49)38(57-41)35-18-19-36-40(45)46-30-47-48(35)36/h18-19,21-23,30,34,37-39,49-50H,2-17,20,25-27,29H2,1H3,(H,51,52)(H2,45,46,47)/t34-,37+,38+,39+,41-/m1/s1. The minimum absolute atomic E-state index is 0.0314. The van der Waals surface area contributed by atoms with Gasteiger partial charge in [0.2, 0.25) is 5.60 Å². The number of aliphatic hydroxyl groups is 2. The highest BCUT2D eigenvalue weighted by atomic mass is 31.2. The van der Waals surface area contributed by atoms with Crippen LogP contribution in [0.15, 0.2) is 36.7 Å². The Bertz CT molecular complexity index is 1820. The molecule has 1 saturated heterocycles. The highest BCUT2D eigenvalue weighted by molar-refractivity contribution is 7.47. The molecule has 0 spiro atoms. The molecule has 1 fully saturated rings. The molecule has 6 atom stereocenters. The molecule has 3 aromatic rings. The van der Waals surface area contributed by atoms with E-state index in [1.165, 1.54) is 113 Å². The molecule has 15 nitrogen and oxygen atoms in total. The number of fused-ring (bicyclic) bond motifs is 1. The normalized spacial score (nSPS) is 20.8. The second kappa shape index (κ2) is 24.5. The van der Waals surface area contributed by atoms with Gasteiger partial charge in [-0.2, -0.15) is 15.6 Å². The van der Waals surface area contributed by atoms with Crippen molar-refractivity contribution in [3.8, 4) is 12.1 Å². The number of nitrogens with zero attached hydrogens (tertiary/aromatic N) is 5. The lowest BCUT2D eigenvalue weighted by Gasteiger charge is -2.26. The molecule has 0 saturated carbocycles. The van der Waals surface area contributed by atoms with Crippen molar-refractivity contribution in [2.24, 2.45) is 0 Å². The van der Waals surface area contributed by atoms with Gasteiger partial charge in [0, 0.05) is 6.61 Å². The average Bonchev–Trinajstić information content (AvgIpc) is 3.76. The number of phosphoric ester groups is 1. The maximum absolute atomic E-state index is 14.1. The predicted molar refractivity (Wildman–Crippen MR) is 213 cm³/mol. The van der Waals surface area contributed by atoms with Crippen molar-refractivity contribution in [3.63, 3.8) is 0 Å². The van der Waals surface area contributed by atoms with E-state index in [9.17, 15) is 34.6 Å². The largest absolute Gasteiger partial charge is 0.472 e. The summed E-state index contributed by atoms with van der Waals surface area (Å²) in [7, 11) is -4.93. The van der Waals surface area contributed by atoms with Crippen molar-refractivity contribution in [2.75, 3.05) is 32.2 Å². The summed E-state index contributed by atoms with van der Waals surface area (Å²) in [5.41, 5.74) is 4.75. The van der Waals surface area contributed by atoms with Crippen molar-refractivity contribution in [1.29, 1.82) is 10.5 Å². The SMILES string of the molecule is CCCCCCCCCCCCCCCCCCOC[C@H](COP(=O)(O)OC[C@@]1(C#N)O[C@@H](c2ccc3c(N)ncnn23)[C@H](O)[C@@H]1O)OCc1cc(F)cc(C#N)c1. The van der Waals surface area contributed by atoms with E-state index < -0.39 is 56.9 Å². The molecular weight excluding hydrogens is 770 g/mol. The van der Waals surface area contributed by atoms with Gasteiger partial charge in [-0.3, -0.25) is 9.05 Å². The van der Waals surface area contributed by atoms with Gasteiger partial charge in [0.05, 0.1) is 37.1 Å². The summed E-state index contributed by atoms with van der Waals surface area (Å²) in [6.45, 7) is 1.03. The number of hydrogen-bond donors (Lipinski definition) is 4. The molecule has 17 heteroatoms. The topological polar surface area (TPSA) is 228 Å². The number of aliphatic hydroxyl groups excluding tert-OH is 2. The lowest BCUT2D eigenvalue weighted by molar-refractivity contribution is -0.0790. The fourth-order valence-electron chi connectivity index (χ4n) is 6.99. The van der Waals surface area contributed by atoms with Crippen molar-refractivity contribution in [2.45, 2.75) is 146 Å². The van der Waals surface area contributed by atoms with Crippen LogP contribution in [-0.4, -0.2) is 80.0 Å². The van der Waals surface area contributed by atoms with E-state index in [-0.39, 0.29) is 30.3 Å². The number of benzene rings is 1. The third kappa shape index (κ3) is 14.6. The summed E-state index contributed by atoms with van der Waals surface area (Å²) in [6, 6.07) is 10.5. The molecule has 1 aliphatic heterocycles. The maximum Gasteiger partial charge on any atom is 0.472 e. The number of nitrogens with two attached hydrogens (primary N) is 1. The van der Waals surface area contributed by atoms with Gasteiger partial charge in [0.15, 0.2) is 5.82 Å². The number of unbranched alkanes of at least 4 members (excludes halogenated alkanes) is 15. The van der Waals surface area contributed by atoms with E-state index in [4.69, 9.17) is 29.0 Å². The van der Waals surface area contributed by atoms with Crippen LogP contribution in [0.3, 0.4) is 0 Å². The molecule has 5 N–H and O–H groups in total. The molecule has 320 valence electrons. The monoisotopic (exact) mass is 830 g/mol. The first-order valence-corrected chi connectivity index (χ1v) is 22.1. The van der Waals surface area contributed by atoms with E-state index in [0.29, 0.717) is 17.7 Å². The van der Waals surface area contributed by atoms with Gasteiger partial charge in [-0.05, 0) is 42.3 Å². The Morgan fingerprint density at radius 1 is 0.948 bits per heavy atom. The van der Waals surface area contributed by atoms with Crippen LogP contribution in [0.4, 0.5) is 10.2 Å². The van der Waals surface area contributed by atoms with Crippen LogP contribution in [0.2, 0.25) is 0 Å². The zero-order valence-electron chi connectivity index (χ0n) is 33.6. The van der Waals surface area contributed by atoms with E-state index >= 15 is 0 Å². The van der Waals surface area contributed by atoms with Gasteiger partial charge in [-0.15, -0.1) is 0 Å². The minimum Gasteiger partial charge on any atom is -0.387 e. The summed E-state index contributed by atoms with van der Waals surface area (Å²) >= 11 is 0. The second-order valence-corrected chi connectivity index (χ2v) is 16.4.